The molecule has 0 radical (unpaired) electrons. The molecule has 0 aliphatic carbocycles. The van der Waals surface area contributed by atoms with Crippen molar-refractivity contribution in [3.05, 3.63) is 162 Å². The number of carbonyl (C=O) groups is 9. The molecular formula is C69H80F3N11O13. The van der Waals surface area contributed by atoms with Crippen LogP contribution < -0.4 is 47.0 Å². The number of likely N-dealkylation sites (N-methyl/N-ethyl adjacent to an activating group) is 2. The molecule has 96 heavy (non-hydrogen) atoms. The molecule has 9 rings (SSSR count). The van der Waals surface area contributed by atoms with Crippen LogP contribution in [-0.4, -0.2) is 161 Å². The Bertz CT molecular complexity index is 3780. The maximum atomic E-state index is 15.0. The van der Waals surface area contributed by atoms with Crippen molar-refractivity contribution in [3.8, 4) is 33.4 Å². The molecule has 6 aromatic rings. The standard InChI is InChI=1S/C27H33FN4O6.C22H25FN4O4.C20H22FN3O3/c1-17(33)29-13-21-16-32(26(36)37-21)20-10-11-22(23(28)12-20)19-8-6-18(7-9-19)15-31(5)24(34)14-30-25(35)38-27(2,3)4;1-14(28)25-11-18-13-27(22(30)31-18)17-7-8-19(20(23)9-17)16-5-3-15(4-6-16)12-26(2)21(29)10-24;1-13(25)23-11-17-12-24(20(26)27-17)16-7-8-18(19(21)9-16)15-5-3-14(4-6-15)10-22-2/h6-12,21H,13-16H2,1-5H3,(H,29,33)(H,30,35);3-9,18H,10-13,24H2,1-2H3,(H,25,28);3-9,17,22H,10-12H2,1-2H3,(H,23,25)/t21-;18-;17-/m000/s1. The maximum Gasteiger partial charge on any atom is 0.414 e. The average Bonchev–Trinajstić information content (AvgIpc) is 1.61. The van der Waals surface area contributed by atoms with E-state index in [1.807, 2.05) is 43.4 Å². The highest BCUT2D eigenvalue weighted by Gasteiger charge is 2.35. The van der Waals surface area contributed by atoms with Gasteiger partial charge in [-0.3, -0.25) is 38.7 Å². The van der Waals surface area contributed by atoms with E-state index in [9.17, 15) is 51.9 Å². The van der Waals surface area contributed by atoms with Gasteiger partial charge in [-0.05, 0) is 116 Å². The lowest BCUT2D eigenvalue weighted by molar-refractivity contribution is -0.130. The lowest BCUT2D eigenvalue weighted by Crippen LogP contribution is -2.40. The summed E-state index contributed by atoms with van der Waals surface area (Å²) in [5.74, 6) is -2.48. The average molecular weight is 1330 g/mol. The summed E-state index contributed by atoms with van der Waals surface area (Å²) >= 11 is 0. The smallest absolute Gasteiger partial charge is 0.414 e. The number of cyclic esters (lactones) is 3. The van der Waals surface area contributed by atoms with Crippen molar-refractivity contribution in [3.63, 3.8) is 0 Å². The Hall–Kier alpha value is -10.5. The van der Waals surface area contributed by atoms with Crippen molar-refractivity contribution in [2.24, 2.45) is 5.73 Å². The molecule has 3 fully saturated rings. The maximum absolute atomic E-state index is 15.0. The molecule has 0 spiro atoms. The molecule has 0 bridgehead atoms. The molecule has 6 aromatic carbocycles. The highest BCUT2D eigenvalue weighted by atomic mass is 19.1. The van der Waals surface area contributed by atoms with Crippen molar-refractivity contribution in [1.82, 2.24) is 36.4 Å². The Morgan fingerprint density at radius 3 is 1.12 bits per heavy atom. The lowest BCUT2D eigenvalue weighted by atomic mass is 10.0. The molecule has 3 aliphatic rings. The van der Waals surface area contributed by atoms with Crippen LogP contribution in [0.3, 0.4) is 0 Å². The van der Waals surface area contributed by atoms with Gasteiger partial charge in [0.15, 0.2) is 0 Å². The molecule has 3 aliphatic heterocycles. The van der Waals surface area contributed by atoms with E-state index in [0.29, 0.717) is 58.0 Å². The first-order valence-corrected chi connectivity index (χ1v) is 30.7. The number of amides is 9. The van der Waals surface area contributed by atoms with E-state index in [2.05, 4.69) is 26.6 Å². The van der Waals surface area contributed by atoms with Crippen LogP contribution in [0.2, 0.25) is 0 Å². The predicted octanol–water partition coefficient (Wildman–Crippen LogP) is 7.98. The topological polar surface area (TPSA) is 293 Å². The third kappa shape index (κ3) is 21.0. The lowest BCUT2D eigenvalue weighted by Gasteiger charge is -2.21. The molecule has 27 heteroatoms. The highest BCUT2D eigenvalue weighted by Crippen LogP contribution is 2.33. The van der Waals surface area contributed by atoms with Crippen LogP contribution in [0.25, 0.3) is 33.4 Å². The minimum Gasteiger partial charge on any atom is -0.444 e. The van der Waals surface area contributed by atoms with Gasteiger partial charge in [0.25, 0.3) is 0 Å². The van der Waals surface area contributed by atoms with E-state index in [1.165, 1.54) is 63.5 Å². The van der Waals surface area contributed by atoms with E-state index in [4.69, 9.17) is 24.7 Å². The third-order valence-electron chi connectivity index (χ3n) is 15.0. The molecule has 510 valence electrons. The molecule has 24 nitrogen and oxygen atoms in total. The second-order valence-corrected chi connectivity index (χ2v) is 23.8. The fourth-order valence-electron chi connectivity index (χ4n) is 10.1. The Kier molecular flexibility index (Phi) is 25.5. The monoisotopic (exact) mass is 1330 g/mol. The number of ether oxygens (including phenoxy) is 4. The number of benzene rings is 6. The molecule has 0 aromatic heterocycles. The Morgan fingerprint density at radius 1 is 0.510 bits per heavy atom. The summed E-state index contributed by atoms with van der Waals surface area (Å²) in [6.45, 7) is 11.9. The number of nitrogens with one attached hydrogen (secondary N) is 5. The van der Waals surface area contributed by atoms with Gasteiger partial charge in [-0.15, -0.1) is 0 Å². The van der Waals surface area contributed by atoms with Gasteiger partial charge in [-0.1, -0.05) is 72.8 Å². The van der Waals surface area contributed by atoms with Gasteiger partial charge in [0.05, 0.1) is 62.9 Å². The van der Waals surface area contributed by atoms with Gasteiger partial charge in [-0.25, -0.2) is 32.3 Å². The molecule has 0 saturated carbocycles. The highest BCUT2D eigenvalue weighted by molar-refractivity contribution is 5.92. The van der Waals surface area contributed by atoms with Crippen molar-refractivity contribution in [2.75, 3.05) is 88.2 Å². The van der Waals surface area contributed by atoms with Gasteiger partial charge >= 0.3 is 24.4 Å². The Labute approximate surface area is 554 Å². The van der Waals surface area contributed by atoms with Crippen LogP contribution >= 0.6 is 0 Å². The van der Waals surface area contributed by atoms with E-state index in [-0.39, 0.29) is 81.9 Å². The predicted molar refractivity (Wildman–Crippen MR) is 353 cm³/mol. The number of rotatable bonds is 21. The van der Waals surface area contributed by atoms with E-state index in [0.717, 1.165) is 28.8 Å². The minimum atomic E-state index is -0.664. The zero-order chi connectivity index (χ0) is 70.0. The number of nitrogens with two attached hydrogens (primary N) is 1. The van der Waals surface area contributed by atoms with E-state index >= 15 is 4.39 Å². The first kappa shape index (κ1) is 72.9. The van der Waals surface area contributed by atoms with Gasteiger partial charge < -0.3 is 61.1 Å². The summed E-state index contributed by atoms with van der Waals surface area (Å²) in [6, 6.07) is 35.7. The van der Waals surface area contributed by atoms with Crippen LogP contribution in [0.4, 0.5) is 49.4 Å². The first-order valence-electron chi connectivity index (χ1n) is 30.7. The zero-order valence-electron chi connectivity index (χ0n) is 54.9. The number of carbonyl (C=O) groups excluding carboxylic acids is 9. The molecule has 3 heterocycles. The van der Waals surface area contributed by atoms with Gasteiger partial charge in [0.1, 0.15) is 47.9 Å². The van der Waals surface area contributed by atoms with Gasteiger partial charge in [-0.2, -0.15) is 0 Å². The molecule has 9 amide bonds. The quantitative estimate of drug-likeness (QED) is 0.0372. The van der Waals surface area contributed by atoms with Crippen molar-refractivity contribution in [2.45, 2.75) is 85.1 Å². The fraction of sp³-hybridized carbons (Fsp3) is 0.348. The van der Waals surface area contributed by atoms with Gasteiger partial charge in [0.2, 0.25) is 29.5 Å². The minimum absolute atomic E-state index is 0.0509. The number of nitrogens with zero attached hydrogens (tertiary/aromatic N) is 5. The van der Waals surface area contributed by atoms with E-state index in [1.54, 1.807) is 108 Å². The third-order valence-corrected chi connectivity index (χ3v) is 15.0. The summed E-state index contributed by atoms with van der Waals surface area (Å²) < 4.78 is 65.3. The Morgan fingerprint density at radius 2 is 0.833 bits per heavy atom. The van der Waals surface area contributed by atoms with Crippen molar-refractivity contribution in [1.29, 1.82) is 0 Å². The summed E-state index contributed by atoms with van der Waals surface area (Å²) in [5.41, 5.74) is 12.0. The van der Waals surface area contributed by atoms with Crippen molar-refractivity contribution < 1.29 is 75.3 Å². The molecule has 0 unspecified atom stereocenters. The summed E-state index contributed by atoms with van der Waals surface area (Å²) in [6.07, 6.45) is -3.85. The van der Waals surface area contributed by atoms with Crippen LogP contribution in [-0.2, 0) is 62.6 Å². The molecule has 3 saturated heterocycles. The summed E-state index contributed by atoms with van der Waals surface area (Å²) in [7, 11) is 5.16. The van der Waals surface area contributed by atoms with Crippen LogP contribution in [0.15, 0.2) is 127 Å². The number of alkyl carbamates (subject to hydrolysis) is 1. The zero-order valence-corrected chi connectivity index (χ0v) is 54.9. The first-order chi connectivity index (χ1) is 45.6. The Balaban J connectivity index is 0.000000206. The fourth-order valence-corrected chi connectivity index (χ4v) is 10.1. The SMILES string of the molecule is CC(=O)NC[C@H]1CN(c2ccc(-c3ccc(CN(C)C(=O)CN)cc3)c(F)c2)C(=O)O1.CC(=O)NC[C@H]1CN(c2ccc(-c3ccc(CN(C)C(=O)CNC(=O)OC(C)(C)C)cc3)c(F)c2)C(=O)O1.CNCc1ccc(-c2ccc(N3C[C@H](CNC(C)=O)OC3=O)cc2F)cc1. The van der Waals surface area contributed by atoms with Gasteiger partial charge in [0, 0.05) is 71.2 Å². The van der Waals surface area contributed by atoms with Crippen LogP contribution in [0.1, 0.15) is 58.2 Å². The second-order valence-electron chi connectivity index (χ2n) is 23.8. The van der Waals surface area contributed by atoms with Crippen LogP contribution in [0.5, 0.6) is 0 Å². The number of hydrogen-bond acceptors (Lipinski definition) is 15. The second kappa shape index (κ2) is 33.5. The summed E-state index contributed by atoms with van der Waals surface area (Å²) in [4.78, 5) is 112. The molecule has 3 atom stereocenters. The van der Waals surface area contributed by atoms with Crippen molar-refractivity contribution >= 4 is 71.0 Å². The number of hydrogen-bond donors (Lipinski definition) is 6. The molecular weight excluding hydrogens is 1250 g/mol. The molecule has 7 N–H and O–H groups in total. The largest absolute Gasteiger partial charge is 0.444 e. The van der Waals surface area contributed by atoms with E-state index < -0.39 is 65.7 Å². The number of anilines is 3. The summed E-state index contributed by atoms with van der Waals surface area (Å²) in [5, 5.41) is 13.3. The number of halogens is 3. The van der Waals surface area contributed by atoms with Crippen LogP contribution in [0, 0.1) is 17.5 Å². The normalized spacial score (nSPS) is 15.6.